The molecule has 2 saturated heterocycles. The van der Waals surface area contributed by atoms with Gasteiger partial charge < -0.3 is 18.9 Å². The van der Waals surface area contributed by atoms with Crippen molar-refractivity contribution in [1.82, 2.24) is 14.9 Å². The molecule has 11 heteroatoms. The molecule has 0 bridgehead atoms. The third-order valence-corrected chi connectivity index (χ3v) is 9.68. The van der Waals surface area contributed by atoms with Crippen molar-refractivity contribution in [3.05, 3.63) is 88.4 Å². The standard InChI is InChI=1S/C37H35ClF3N3O4/c1-3-26-30(40)11-10-23-14-25(48-21-45-2)15-27(31(23)26)32-29(38)16-28-34(33(32)41)42-36(43-35(28)46-19-22-8-5-4-6-9-22)47-20-37-12-7-13-44(37)18-24(39)17-37/h4-6,8-11,14-16,24H,3,7,12-13,17-21H2,1-2H3/t24-,37+/m1/s1. The summed E-state index contributed by atoms with van der Waals surface area (Å²) in [6.45, 7) is 3.26. The van der Waals surface area contributed by atoms with Gasteiger partial charge >= 0.3 is 6.01 Å². The van der Waals surface area contributed by atoms with Crippen LogP contribution in [-0.4, -0.2) is 60.2 Å². The molecule has 0 amide bonds. The number of aryl methyl sites for hydroxylation is 1. The number of alkyl halides is 1. The van der Waals surface area contributed by atoms with Gasteiger partial charge in [-0.15, -0.1) is 0 Å². The van der Waals surface area contributed by atoms with Gasteiger partial charge in [-0.3, -0.25) is 4.90 Å². The number of rotatable bonds is 11. The minimum absolute atomic E-state index is 0.0209. The molecule has 0 radical (unpaired) electrons. The molecule has 5 aromatic rings. The van der Waals surface area contributed by atoms with Crippen LogP contribution in [0.3, 0.4) is 0 Å². The Kier molecular flexibility index (Phi) is 9.06. The zero-order valence-corrected chi connectivity index (χ0v) is 27.5. The van der Waals surface area contributed by atoms with Crippen molar-refractivity contribution in [2.24, 2.45) is 0 Å². The Morgan fingerprint density at radius 2 is 1.85 bits per heavy atom. The highest BCUT2D eigenvalue weighted by Gasteiger charge is 2.49. The van der Waals surface area contributed by atoms with Crippen molar-refractivity contribution in [1.29, 1.82) is 0 Å². The largest absolute Gasteiger partial charge is 0.472 e. The van der Waals surface area contributed by atoms with E-state index in [1.165, 1.54) is 13.2 Å². The van der Waals surface area contributed by atoms with Gasteiger partial charge in [0.05, 0.1) is 15.9 Å². The number of benzene rings is 4. The summed E-state index contributed by atoms with van der Waals surface area (Å²) < 4.78 is 69.9. The number of hydrogen-bond acceptors (Lipinski definition) is 7. The van der Waals surface area contributed by atoms with Gasteiger partial charge in [-0.05, 0) is 77.5 Å². The van der Waals surface area contributed by atoms with Gasteiger partial charge in [-0.1, -0.05) is 54.9 Å². The van der Waals surface area contributed by atoms with Gasteiger partial charge in [0.1, 0.15) is 36.5 Å². The molecule has 7 nitrogen and oxygen atoms in total. The molecule has 0 N–H and O–H groups in total. The van der Waals surface area contributed by atoms with Gasteiger partial charge in [0.2, 0.25) is 5.88 Å². The number of halogens is 4. The zero-order chi connectivity index (χ0) is 33.4. The lowest BCUT2D eigenvalue weighted by Gasteiger charge is -2.30. The molecular formula is C37H35ClF3N3O4. The van der Waals surface area contributed by atoms with Crippen LogP contribution >= 0.6 is 11.6 Å². The fourth-order valence-electron chi connectivity index (χ4n) is 7.19. The number of aromatic nitrogens is 2. The quantitative estimate of drug-likeness (QED) is 0.130. The average molecular weight is 678 g/mol. The molecule has 7 rings (SSSR count). The lowest BCUT2D eigenvalue weighted by Crippen LogP contribution is -2.43. The van der Waals surface area contributed by atoms with Gasteiger partial charge in [0.25, 0.3) is 0 Å². The minimum Gasteiger partial charge on any atom is -0.472 e. The fraction of sp³-hybridized carbons (Fsp3) is 0.351. The van der Waals surface area contributed by atoms with Crippen molar-refractivity contribution < 1.29 is 32.1 Å². The van der Waals surface area contributed by atoms with Crippen molar-refractivity contribution >= 4 is 33.3 Å². The average Bonchev–Trinajstić information content (AvgIpc) is 3.61. The summed E-state index contributed by atoms with van der Waals surface area (Å²) in [5.41, 5.74) is 1.11. The number of fused-ring (bicyclic) bond motifs is 3. The summed E-state index contributed by atoms with van der Waals surface area (Å²) in [6, 6.07) is 17.3. The van der Waals surface area contributed by atoms with E-state index in [4.69, 9.17) is 30.5 Å². The second-order valence-corrected chi connectivity index (χ2v) is 12.8. The number of ether oxygens (including phenoxy) is 4. The van der Waals surface area contributed by atoms with Crippen LogP contribution in [0.15, 0.2) is 60.7 Å². The first-order valence-corrected chi connectivity index (χ1v) is 16.4. The van der Waals surface area contributed by atoms with Crippen LogP contribution in [0.5, 0.6) is 17.6 Å². The normalized spacial score (nSPS) is 19.2. The molecule has 2 atom stereocenters. The Bertz CT molecular complexity index is 1980. The third kappa shape index (κ3) is 6.01. The van der Waals surface area contributed by atoms with Crippen LogP contribution in [0, 0.1) is 11.6 Å². The summed E-state index contributed by atoms with van der Waals surface area (Å²) in [5.74, 6) is -0.683. The zero-order valence-electron chi connectivity index (χ0n) is 26.7. The van der Waals surface area contributed by atoms with Crippen LogP contribution in [0.2, 0.25) is 5.02 Å². The summed E-state index contributed by atoms with van der Waals surface area (Å²) in [5, 5.41) is 1.46. The number of hydrogen-bond donors (Lipinski definition) is 0. The fourth-order valence-corrected chi connectivity index (χ4v) is 7.48. The molecule has 0 spiro atoms. The molecule has 3 heterocycles. The maximum absolute atomic E-state index is 17.1. The first-order valence-electron chi connectivity index (χ1n) is 16.1. The SMILES string of the molecule is CCc1c(F)ccc2cc(OCOC)cc(-c3c(Cl)cc4c(OCc5ccccc5)nc(OC[C@@]56CCCN5C[C@H](F)C6)nc4c3F)c12. The summed E-state index contributed by atoms with van der Waals surface area (Å²) in [4.78, 5) is 11.2. The second kappa shape index (κ2) is 13.4. The van der Waals surface area contributed by atoms with Gasteiger partial charge in [-0.2, -0.15) is 9.97 Å². The van der Waals surface area contributed by atoms with Crippen molar-refractivity contribution in [2.45, 2.75) is 50.9 Å². The van der Waals surface area contributed by atoms with Crippen molar-refractivity contribution in [3.8, 4) is 28.8 Å². The molecule has 1 aromatic heterocycles. The molecule has 4 aromatic carbocycles. The molecule has 250 valence electrons. The summed E-state index contributed by atoms with van der Waals surface area (Å²) in [6.07, 6.45) is 1.51. The smallest absolute Gasteiger partial charge is 0.320 e. The highest BCUT2D eigenvalue weighted by atomic mass is 35.5. The Morgan fingerprint density at radius 3 is 2.65 bits per heavy atom. The molecule has 48 heavy (non-hydrogen) atoms. The second-order valence-electron chi connectivity index (χ2n) is 12.4. The Balaban J connectivity index is 1.38. The van der Waals surface area contributed by atoms with Gasteiger partial charge in [0, 0.05) is 25.6 Å². The molecular weight excluding hydrogens is 643 g/mol. The highest BCUT2D eigenvalue weighted by molar-refractivity contribution is 6.35. The number of nitrogens with zero attached hydrogens (tertiary/aromatic N) is 3. The Morgan fingerprint density at radius 1 is 1.02 bits per heavy atom. The van der Waals surface area contributed by atoms with Crippen LogP contribution in [0.25, 0.3) is 32.8 Å². The predicted molar refractivity (Wildman–Crippen MR) is 179 cm³/mol. The summed E-state index contributed by atoms with van der Waals surface area (Å²) >= 11 is 6.90. The van der Waals surface area contributed by atoms with Crippen LogP contribution in [0.4, 0.5) is 13.2 Å². The monoisotopic (exact) mass is 677 g/mol. The minimum atomic E-state index is -0.936. The van der Waals surface area contributed by atoms with E-state index in [1.54, 1.807) is 24.3 Å². The number of methoxy groups -OCH3 is 1. The molecule has 2 aliphatic heterocycles. The van der Waals surface area contributed by atoms with Gasteiger partial charge in [-0.25, -0.2) is 13.2 Å². The van der Waals surface area contributed by atoms with Crippen LogP contribution in [-0.2, 0) is 17.8 Å². The first kappa shape index (κ1) is 32.4. The highest BCUT2D eigenvalue weighted by Crippen LogP contribution is 2.45. The van der Waals surface area contributed by atoms with E-state index in [1.807, 2.05) is 37.3 Å². The molecule has 2 fully saturated rings. The van der Waals surface area contributed by atoms with E-state index < -0.39 is 23.3 Å². The Hall–Kier alpha value is -4.12. The van der Waals surface area contributed by atoms with E-state index in [0.29, 0.717) is 47.0 Å². The lowest BCUT2D eigenvalue weighted by molar-refractivity contribution is 0.0512. The molecule has 0 unspecified atom stereocenters. The van der Waals surface area contributed by atoms with E-state index in [-0.39, 0.29) is 53.4 Å². The van der Waals surface area contributed by atoms with E-state index in [2.05, 4.69) is 14.9 Å². The Labute approximate surface area is 281 Å². The maximum Gasteiger partial charge on any atom is 0.320 e. The molecule has 0 saturated carbocycles. The van der Waals surface area contributed by atoms with E-state index in [0.717, 1.165) is 24.9 Å². The van der Waals surface area contributed by atoms with Gasteiger partial charge in [0.15, 0.2) is 12.6 Å². The first-order chi connectivity index (χ1) is 23.3. The maximum atomic E-state index is 17.1. The van der Waals surface area contributed by atoms with Crippen LogP contribution < -0.4 is 14.2 Å². The summed E-state index contributed by atoms with van der Waals surface area (Å²) in [7, 11) is 1.50. The van der Waals surface area contributed by atoms with Crippen LogP contribution in [0.1, 0.15) is 37.3 Å². The molecule has 0 aliphatic carbocycles. The lowest BCUT2D eigenvalue weighted by atomic mass is 9.92. The topological polar surface area (TPSA) is 65.9 Å². The predicted octanol–water partition coefficient (Wildman–Crippen LogP) is 8.46. The van der Waals surface area contributed by atoms with E-state index >= 15 is 8.78 Å². The van der Waals surface area contributed by atoms with Crippen molar-refractivity contribution in [2.75, 3.05) is 33.6 Å². The van der Waals surface area contributed by atoms with Crippen molar-refractivity contribution in [3.63, 3.8) is 0 Å². The third-order valence-electron chi connectivity index (χ3n) is 9.38. The van der Waals surface area contributed by atoms with E-state index in [9.17, 15) is 4.39 Å². The molecule has 2 aliphatic rings.